The highest BCUT2D eigenvalue weighted by atomic mass is 16.2. The second kappa shape index (κ2) is 7.66. The van der Waals surface area contributed by atoms with Crippen LogP contribution in [0.1, 0.15) is 32.1 Å². The standard InChI is InChI=1S/C20H24N4O2/c1-14-7-8-16(15(2)13-14)22-19(25)17-5-4-6-18(21-17)20(26)24-11-9-23(3)10-12-24/h4-8,13H,9-12H2,1-3H3,(H,22,25). The predicted octanol–water partition coefficient (Wildman–Crippen LogP) is 2.34. The number of rotatable bonds is 3. The van der Waals surface area contributed by atoms with Gasteiger partial charge < -0.3 is 15.1 Å². The summed E-state index contributed by atoms with van der Waals surface area (Å²) in [5, 5.41) is 2.87. The third kappa shape index (κ3) is 4.08. The maximum absolute atomic E-state index is 12.6. The molecule has 0 unspecified atom stereocenters. The second-order valence-electron chi connectivity index (χ2n) is 6.78. The van der Waals surface area contributed by atoms with Gasteiger partial charge in [-0.3, -0.25) is 9.59 Å². The normalized spacial score (nSPS) is 15.0. The molecule has 1 aliphatic rings. The number of pyridine rings is 1. The first kappa shape index (κ1) is 18.1. The summed E-state index contributed by atoms with van der Waals surface area (Å²) < 4.78 is 0. The quantitative estimate of drug-likeness (QED) is 0.921. The number of amides is 2. The summed E-state index contributed by atoms with van der Waals surface area (Å²) >= 11 is 0. The highest BCUT2D eigenvalue weighted by molar-refractivity contribution is 6.04. The summed E-state index contributed by atoms with van der Waals surface area (Å²) in [7, 11) is 2.04. The number of carbonyl (C=O) groups is 2. The van der Waals surface area contributed by atoms with Crippen molar-refractivity contribution in [3.63, 3.8) is 0 Å². The number of likely N-dealkylation sites (N-methyl/N-ethyl adjacent to an activating group) is 1. The third-order valence-electron chi connectivity index (χ3n) is 4.62. The van der Waals surface area contributed by atoms with Gasteiger partial charge in [0.15, 0.2) is 0 Å². The van der Waals surface area contributed by atoms with E-state index in [1.165, 1.54) is 0 Å². The molecule has 1 fully saturated rings. The first-order valence-electron chi connectivity index (χ1n) is 8.77. The van der Waals surface area contributed by atoms with Gasteiger partial charge in [-0.1, -0.05) is 23.8 Å². The monoisotopic (exact) mass is 352 g/mol. The van der Waals surface area contributed by atoms with Crippen LogP contribution in [0, 0.1) is 13.8 Å². The summed E-state index contributed by atoms with van der Waals surface area (Å²) in [6.07, 6.45) is 0. The average Bonchev–Trinajstić information content (AvgIpc) is 2.64. The van der Waals surface area contributed by atoms with E-state index in [9.17, 15) is 9.59 Å². The van der Waals surface area contributed by atoms with Crippen LogP contribution in [0.5, 0.6) is 0 Å². The molecule has 1 saturated heterocycles. The van der Waals surface area contributed by atoms with Crippen molar-refractivity contribution in [2.45, 2.75) is 13.8 Å². The Morgan fingerprint density at radius 2 is 1.69 bits per heavy atom. The maximum Gasteiger partial charge on any atom is 0.274 e. The summed E-state index contributed by atoms with van der Waals surface area (Å²) in [4.78, 5) is 33.4. The van der Waals surface area contributed by atoms with Crippen molar-refractivity contribution in [1.29, 1.82) is 0 Å². The third-order valence-corrected chi connectivity index (χ3v) is 4.62. The van der Waals surface area contributed by atoms with Crippen LogP contribution >= 0.6 is 0 Å². The molecule has 2 aromatic rings. The molecule has 26 heavy (non-hydrogen) atoms. The molecule has 136 valence electrons. The molecule has 0 bridgehead atoms. The Bertz CT molecular complexity index is 826. The number of piperazine rings is 1. The van der Waals surface area contributed by atoms with Crippen LogP contribution in [0.25, 0.3) is 0 Å². The van der Waals surface area contributed by atoms with Gasteiger partial charge in [-0.2, -0.15) is 0 Å². The molecular formula is C20H24N4O2. The Kier molecular flexibility index (Phi) is 5.32. The van der Waals surface area contributed by atoms with E-state index in [1.807, 2.05) is 39.1 Å². The Morgan fingerprint density at radius 3 is 2.38 bits per heavy atom. The highest BCUT2D eigenvalue weighted by Crippen LogP contribution is 2.17. The number of aromatic nitrogens is 1. The highest BCUT2D eigenvalue weighted by Gasteiger charge is 2.22. The summed E-state index contributed by atoms with van der Waals surface area (Å²) in [6, 6.07) is 10.8. The largest absolute Gasteiger partial charge is 0.335 e. The van der Waals surface area contributed by atoms with Gasteiger partial charge in [-0.05, 0) is 44.7 Å². The number of nitrogens with zero attached hydrogens (tertiary/aromatic N) is 3. The van der Waals surface area contributed by atoms with Crippen LogP contribution in [-0.4, -0.2) is 59.8 Å². The molecule has 2 amide bonds. The molecule has 6 heteroatoms. The molecule has 1 aliphatic heterocycles. The van der Waals surface area contributed by atoms with Crippen molar-refractivity contribution in [3.8, 4) is 0 Å². The average molecular weight is 352 g/mol. The molecule has 1 N–H and O–H groups in total. The molecule has 0 atom stereocenters. The Balaban J connectivity index is 1.74. The molecule has 3 rings (SSSR count). The molecule has 0 saturated carbocycles. The molecule has 0 radical (unpaired) electrons. The van der Waals surface area contributed by atoms with Crippen molar-refractivity contribution >= 4 is 17.5 Å². The Morgan fingerprint density at radius 1 is 1.00 bits per heavy atom. The first-order chi connectivity index (χ1) is 12.4. The van der Waals surface area contributed by atoms with Gasteiger partial charge in [-0.25, -0.2) is 4.98 Å². The van der Waals surface area contributed by atoms with Gasteiger partial charge in [0.25, 0.3) is 11.8 Å². The topological polar surface area (TPSA) is 65.5 Å². The smallest absolute Gasteiger partial charge is 0.274 e. The first-order valence-corrected chi connectivity index (χ1v) is 8.77. The van der Waals surface area contributed by atoms with Gasteiger partial charge in [0.05, 0.1) is 0 Å². The maximum atomic E-state index is 12.6. The fraction of sp³-hybridized carbons (Fsp3) is 0.350. The van der Waals surface area contributed by atoms with E-state index in [1.54, 1.807) is 23.1 Å². The van der Waals surface area contributed by atoms with E-state index >= 15 is 0 Å². The zero-order chi connectivity index (χ0) is 18.7. The Hall–Kier alpha value is -2.73. The molecular weight excluding hydrogens is 328 g/mol. The van der Waals surface area contributed by atoms with Crippen molar-refractivity contribution in [2.75, 3.05) is 38.5 Å². The van der Waals surface area contributed by atoms with E-state index in [0.717, 1.165) is 29.9 Å². The van der Waals surface area contributed by atoms with Crippen LogP contribution in [0.3, 0.4) is 0 Å². The van der Waals surface area contributed by atoms with Crippen molar-refractivity contribution in [3.05, 3.63) is 58.9 Å². The molecule has 2 heterocycles. The number of aryl methyl sites for hydroxylation is 2. The van der Waals surface area contributed by atoms with Crippen molar-refractivity contribution in [1.82, 2.24) is 14.8 Å². The van der Waals surface area contributed by atoms with Crippen molar-refractivity contribution in [2.24, 2.45) is 0 Å². The van der Waals surface area contributed by atoms with E-state index < -0.39 is 0 Å². The predicted molar refractivity (Wildman–Crippen MR) is 102 cm³/mol. The fourth-order valence-electron chi connectivity index (χ4n) is 2.99. The van der Waals surface area contributed by atoms with Crippen LogP contribution in [-0.2, 0) is 0 Å². The summed E-state index contributed by atoms with van der Waals surface area (Å²) in [6.45, 7) is 7.00. The number of anilines is 1. The Labute approximate surface area is 153 Å². The zero-order valence-electron chi connectivity index (χ0n) is 15.5. The number of benzene rings is 1. The lowest BCUT2D eigenvalue weighted by Crippen LogP contribution is -2.47. The summed E-state index contributed by atoms with van der Waals surface area (Å²) in [5.74, 6) is -0.441. The lowest BCUT2D eigenvalue weighted by Gasteiger charge is -2.32. The minimum absolute atomic E-state index is 0.126. The van der Waals surface area contributed by atoms with Gasteiger partial charge >= 0.3 is 0 Å². The second-order valence-corrected chi connectivity index (χ2v) is 6.78. The number of hydrogen-bond donors (Lipinski definition) is 1. The number of carbonyl (C=O) groups excluding carboxylic acids is 2. The summed E-state index contributed by atoms with van der Waals surface area (Å²) in [5.41, 5.74) is 3.42. The number of hydrogen-bond acceptors (Lipinski definition) is 4. The fourth-order valence-corrected chi connectivity index (χ4v) is 2.99. The van der Waals surface area contributed by atoms with Crippen LogP contribution in [0.2, 0.25) is 0 Å². The minimum atomic E-state index is -0.315. The van der Waals surface area contributed by atoms with Crippen LogP contribution in [0.4, 0.5) is 5.69 Å². The lowest BCUT2D eigenvalue weighted by atomic mass is 10.1. The molecule has 1 aromatic heterocycles. The van der Waals surface area contributed by atoms with Crippen molar-refractivity contribution < 1.29 is 9.59 Å². The molecule has 1 aromatic carbocycles. The number of nitrogens with one attached hydrogen (secondary N) is 1. The lowest BCUT2D eigenvalue weighted by molar-refractivity contribution is 0.0658. The molecule has 0 aliphatic carbocycles. The van der Waals surface area contributed by atoms with E-state index in [0.29, 0.717) is 18.8 Å². The van der Waals surface area contributed by atoms with Crippen LogP contribution in [0.15, 0.2) is 36.4 Å². The van der Waals surface area contributed by atoms with E-state index in [2.05, 4.69) is 15.2 Å². The van der Waals surface area contributed by atoms with Gasteiger partial charge in [-0.15, -0.1) is 0 Å². The van der Waals surface area contributed by atoms with Gasteiger partial charge in [0.2, 0.25) is 0 Å². The minimum Gasteiger partial charge on any atom is -0.335 e. The van der Waals surface area contributed by atoms with E-state index in [4.69, 9.17) is 0 Å². The SMILES string of the molecule is Cc1ccc(NC(=O)c2cccc(C(=O)N3CCN(C)CC3)n2)c(C)c1. The molecule has 6 nitrogen and oxygen atoms in total. The van der Waals surface area contributed by atoms with Gasteiger partial charge in [0.1, 0.15) is 11.4 Å². The van der Waals surface area contributed by atoms with E-state index in [-0.39, 0.29) is 17.5 Å². The zero-order valence-corrected chi connectivity index (χ0v) is 15.5. The molecule has 0 spiro atoms. The van der Waals surface area contributed by atoms with Crippen LogP contribution < -0.4 is 5.32 Å². The van der Waals surface area contributed by atoms with Gasteiger partial charge in [0, 0.05) is 31.9 Å².